The van der Waals surface area contributed by atoms with Gasteiger partial charge in [0.1, 0.15) is 5.75 Å². The predicted octanol–water partition coefficient (Wildman–Crippen LogP) is -0.176. The Labute approximate surface area is 212 Å². The fraction of sp³-hybridized carbons (Fsp3) is 0.538. The highest BCUT2D eigenvalue weighted by atomic mass is 16.5. The van der Waals surface area contributed by atoms with Crippen molar-refractivity contribution in [2.24, 2.45) is 29.4 Å². The Balaban J connectivity index is 1.81. The van der Waals surface area contributed by atoms with E-state index >= 15 is 0 Å². The average molecular weight is 515 g/mol. The van der Waals surface area contributed by atoms with E-state index in [1.807, 2.05) is 6.92 Å². The van der Waals surface area contributed by atoms with Gasteiger partial charge in [-0.25, -0.2) is 4.79 Å². The first-order chi connectivity index (χ1) is 17.4. The summed E-state index contributed by atoms with van der Waals surface area (Å²) in [6, 6.07) is 1.32. The fourth-order valence-corrected chi connectivity index (χ4v) is 6.18. The molecule has 0 spiro atoms. The molecule has 6 atom stereocenters. The van der Waals surface area contributed by atoms with Gasteiger partial charge in [0.05, 0.1) is 29.7 Å². The van der Waals surface area contributed by atoms with Gasteiger partial charge in [-0.05, 0) is 57.0 Å². The van der Waals surface area contributed by atoms with Gasteiger partial charge in [-0.3, -0.25) is 28.9 Å². The van der Waals surface area contributed by atoms with Gasteiger partial charge < -0.3 is 20.7 Å². The summed E-state index contributed by atoms with van der Waals surface area (Å²) in [5.74, 6) is -12.1. The number of benzene rings is 1. The summed E-state index contributed by atoms with van der Waals surface area (Å²) in [6.07, 6.45) is 1.35. The van der Waals surface area contributed by atoms with Gasteiger partial charge in [-0.15, -0.1) is 0 Å². The second-order valence-corrected chi connectivity index (χ2v) is 10.3. The molecule has 0 saturated heterocycles. The summed E-state index contributed by atoms with van der Waals surface area (Å²) < 4.78 is 5.30. The first-order valence-electron chi connectivity index (χ1n) is 12.2. The second-order valence-electron chi connectivity index (χ2n) is 10.3. The van der Waals surface area contributed by atoms with E-state index < -0.39 is 76.1 Å². The maximum Gasteiger partial charge on any atom is 0.338 e. The molecule has 0 bridgehead atoms. The second kappa shape index (κ2) is 9.46. The lowest BCUT2D eigenvalue weighted by molar-refractivity contribution is -0.181. The minimum Gasteiger partial charge on any atom is -0.507 e. The molecule has 37 heavy (non-hydrogen) atoms. The third-order valence-corrected chi connectivity index (χ3v) is 7.90. The summed E-state index contributed by atoms with van der Waals surface area (Å²) in [4.78, 5) is 79.9. The number of aromatic hydroxyl groups is 1. The van der Waals surface area contributed by atoms with E-state index in [0.717, 1.165) is 12.5 Å². The smallest absolute Gasteiger partial charge is 0.338 e. The van der Waals surface area contributed by atoms with Crippen LogP contribution in [0.3, 0.4) is 0 Å². The lowest BCUT2D eigenvalue weighted by atomic mass is 9.52. The average Bonchev–Trinajstić information content (AvgIpc) is 2.81. The molecular formula is C26H30N2O9. The number of phenols is 1. The lowest BCUT2D eigenvalue weighted by Crippen LogP contribution is -2.74. The maximum absolute atomic E-state index is 13.7. The molecular weight excluding hydrogens is 484 g/mol. The molecule has 3 aliphatic carbocycles. The molecule has 4 N–H and O–H groups in total. The van der Waals surface area contributed by atoms with Gasteiger partial charge in [-0.2, -0.15) is 0 Å². The lowest BCUT2D eigenvalue weighted by Gasteiger charge is -2.52. The maximum atomic E-state index is 13.7. The molecule has 198 valence electrons. The van der Waals surface area contributed by atoms with Crippen LogP contribution in [0.25, 0.3) is 0 Å². The first-order valence-corrected chi connectivity index (χ1v) is 12.2. The third-order valence-electron chi connectivity index (χ3n) is 7.90. The number of hydrogen-bond acceptors (Lipinski definition) is 10. The number of esters is 1. The number of phenolic OH excluding ortho intramolecular Hbond substituents is 1. The normalized spacial score (nSPS) is 31.0. The summed E-state index contributed by atoms with van der Waals surface area (Å²) >= 11 is 0. The van der Waals surface area contributed by atoms with Crippen LogP contribution in [0.2, 0.25) is 0 Å². The molecule has 2 fully saturated rings. The van der Waals surface area contributed by atoms with Crippen LogP contribution in [0.4, 0.5) is 0 Å². The molecule has 1 aromatic carbocycles. The summed E-state index contributed by atoms with van der Waals surface area (Å²) in [5, 5.41) is 22.1. The summed E-state index contributed by atoms with van der Waals surface area (Å²) in [5.41, 5.74) is 2.57. The number of primary amides is 1. The number of carbonyl (C=O) groups excluding carboxylic acids is 6. The summed E-state index contributed by atoms with van der Waals surface area (Å²) in [6.45, 7) is 2.11. The van der Waals surface area contributed by atoms with E-state index in [2.05, 4.69) is 0 Å². The molecule has 4 rings (SSSR count). The Bertz CT molecular complexity index is 1220. The van der Waals surface area contributed by atoms with Gasteiger partial charge in [-0.1, -0.05) is 13.3 Å². The SMILES string of the molecule is CCCCOC(=O)c1ccc(O)c2c1C[C@@H]1C[C@@H]3[C@@H](N(C)C)C(=O)C(C(N)=O)C(=O)[C@]3(O)C(=O)C1C2=O. The molecule has 2 saturated carbocycles. The molecule has 11 nitrogen and oxygen atoms in total. The minimum atomic E-state index is -2.79. The highest BCUT2D eigenvalue weighted by Crippen LogP contribution is 2.51. The van der Waals surface area contributed by atoms with Crippen LogP contribution >= 0.6 is 0 Å². The molecule has 11 heteroatoms. The van der Waals surface area contributed by atoms with Crippen molar-refractivity contribution in [3.05, 3.63) is 28.8 Å². The van der Waals surface area contributed by atoms with Gasteiger partial charge in [0.25, 0.3) is 0 Å². The van der Waals surface area contributed by atoms with Gasteiger partial charge in [0.15, 0.2) is 34.7 Å². The van der Waals surface area contributed by atoms with Crippen molar-refractivity contribution in [1.82, 2.24) is 4.90 Å². The topological polar surface area (TPSA) is 181 Å². The highest BCUT2D eigenvalue weighted by molar-refractivity contribution is 6.32. The Morgan fingerprint density at radius 2 is 1.84 bits per heavy atom. The van der Waals surface area contributed by atoms with E-state index in [9.17, 15) is 39.0 Å². The first kappa shape index (κ1) is 26.6. The number of rotatable bonds is 6. The highest BCUT2D eigenvalue weighted by Gasteiger charge is 2.69. The van der Waals surface area contributed by atoms with Crippen molar-refractivity contribution in [2.75, 3.05) is 20.7 Å². The molecule has 1 aromatic rings. The van der Waals surface area contributed by atoms with Crippen molar-refractivity contribution < 1.29 is 43.7 Å². The molecule has 0 radical (unpaired) electrons. The standard InChI is InChI=1S/C26H30N2O9/c1-4-5-8-37-25(35)12-6-7-15(29)17-13(12)9-11-10-14-19(28(2)3)21(31)18(24(27)34)23(33)26(14,36)22(32)16(11)20(17)30/h6-7,11,14,16,18-19,29,36H,4-5,8-10H2,1-3H3,(H2,27,34)/t11-,14-,16?,18?,19-,26-/m1/s1. The van der Waals surface area contributed by atoms with E-state index in [1.54, 1.807) is 0 Å². The number of nitrogens with zero attached hydrogens (tertiary/aromatic N) is 1. The Morgan fingerprint density at radius 1 is 1.16 bits per heavy atom. The van der Waals surface area contributed by atoms with Crippen LogP contribution in [-0.4, -0.2) is 82.5 Å². The van der Waals surface area contributed by atoms with Gasteiger partial charge >= 0.3 is 5.97 Å². The van der Waals surface area contributed by atoms with Crippen molar-refractivity contribution in [3.63, 3.8) is 0 Å². The van der Waals surface area contributed by atoms with Crippen molar-refractivity contribution >= 4 is 35.0 Å². The number of ketones is 4. The Hall–Kier alpha value is -3.44. The van der Waals surface area contributed by atoms with Crippen LogP contribution < -0.4 is 5.73 Å². The third kappa shape index (κ3) is 3.88. The molecule has 1 amide bonds. The Morgan fingerprint density at radius 3 is 2.43 bits per heavy atom. The number of unbranched alkanes of at least 4 members (excludes halogenated alkanes) is 1. The van der Waals surface area contributed by atoms with E-state index in [0.29, 0.717) is 6.42 Å². The van der Waals surface area contributed by atoms with Crippen LogP contribution in [0, 0.1) is 23.7 Å². The molecule has 0 aliphatic heterocycles. The zero-order valence-corrected chi connectivity index (χ0v) is 20.9. The zero-order chi connectivity index (χ0) is 27.4. The van der Waals surface area contributed by atoms with Gasteiger partial charge in [0, 0.05) is 5.92 Å². The quantitative estimate of drug-likeness (QED) is 0.262. The summed E-state index contributed by atoms with van der Waals surface area (Å²) in [7, 11) is 3.02. The van der Waals surface area contributed by atoms with Crippen molar-refractivity contribution in [3.8, 4) is 5.75 Å². The van der Waals surface area contributed by atoms with E-state index in [4.69, 9.17) is 10.5 Å². The number of aliphatic hydroxyl groups is 1. The number of carbonyl (C=O) groups is 6. The van der Waals surface area contributed by atoms with Gasteiger partial charge in [0.2, 0.25) is 5.91 Å². The molecule has 0 heterocycles. The number of Topliss-reactive ketones (excluding diaryl/α,β-unsaturated/α-hetero) is 4. The van der Waals surface area contributed by atoms with Crippen molar-refractivity contribution in [1.29, 1.82) is 0 Å². The minimum absolute atomic E-state index is 0.00154. The van der Waals surface area contributed by atoms with Crippen LogP contribution in [0.15, 0.2) is 12.1 Å². The van der Waals surface area contributed by atoms with E-state index in [1.165, 1.54) is 25.1 Å². The van der Waals surface area contributed by atoms with Crippen LogP contribution in [0.1, 0.15) is 52.5 Å². The number of nitrogens with two attached hydrogens (primary N) is 1. The number of fused-ring (bicyclic) bond motifs is 3. The van der Waals surface area contributed by atoms with Crippen LogP contribution in [0.5, 0.6) is 5.75 Å². The fourth-order valence-electron chi connectivity index (χ4n) is 6.18. The number of amides is 1. The largest absolute Gasteiger partial charge is 0.507 e. The van der Waals surface area contributed by atoms with Crippen molar-refractivity contribution in [2.45, 2.75) is 44.2 Å². The number of likely N-dealkylation sites (N-methyl/N-ethyl adjacent to an activating group) is 1. The van der Waals surface area contributed by atoms with E-state index in [-0.39, 0.29) is 36.1 Å². The molecule has 2 unspecified atom stereocenters. The molecule has 3 aliphatic rings. The monoisotopic (exact) mass is 514 g/mol. The zero-order valence-electron chi connectivity index (χ0n) is 20.9. The number of hydrogen-bond donors (Lipinski definition) is 3. The number of ether oxygens (including phenoxy) is 1. The Kier molecular flexibility index (Phi) is 6.80. The van der Waals surface area contributed by atoms with Crippen LogP contribution in [-0.2, 0) is 30.3 Å². The predicted molar refractivity (Wildman–Crippen MR) is 127 cm³/mol. The molecule has 0 aromatic heterocycles.